The summed E-state index contributed by atoms with van der Waals surface area (Å²) in [5, 5.41) is 0. The van der Waals surface area contributed by atoms with Crippen molar-refractivity contribution in [1.29, 1.82) is 0 Å². The summed E-state index contributed by atoms with van der Waals surface area (Å²) >= 11 is 0. The van der Waals surface area contributed by atoms with Crippen LogP contribution in [0.25, 0.3) is 0 Å². The van der Waals surface area contributed by atoms with Gasteiger partial charge in [-0.3, -0.25) is 9.36 Å². The molecule has 1 amide bonds. The molecule has 0 fully saturated rings. The first-order chi connectivity index (χ1) is 8.41. The average molecular weight is 285 g/mol. The summed E-state index contributed by atoms with van der Waals surface area (Å²) in [5.74, 6) is -1.15. The van der Waals surface area contributed by atoms with Crippen LogP contribution in [0.3, 0.4) is 0 Å². The average Bonchev–Trinajstić information content (AvgIpc) is 2.35. The fraction of sp³-hybridized carbons (Fsp3) is 0.900. The summed E-state index contributed by atoms with van der Waals surface area (Å²) < 4.78 is 40.8. The van der Waals surface area contributed by atoms with Crippen LogP contribution in [-0.2, 0) is 23.4 Å². The largest absolute Gasteiger partial charge is 0.367 e. The highest BCUT2D eigenvalue weighted by Gasteiger charge is 2.35. The fourth-order valence-electron chi connectivity index (χ4n) is 1.14. The van der Waals surface area contributed by atoms with Crippen molar-refractivity contribution in [3.05, 3.63) is 0 Å². The maximum atomic E-state index is 13.0. The lowest BCUT2D eigenvalue weighted by atomic mass is 10.4. The molecule has 0 rings (SSSR count). The summed E-state index contributed by atoms with van der Waals surface area (Å²) in [6.45, 7) is 4.96. The van der Waals surface area contributed by atoms with E-state index in [1.54, 1.807) is 20.8 Å². The van der Waals surface area contributed by atoms with Gasteiger partial charge < -0.3 is 19.7 Å². The summed E-state index contributed by atoms with van der Waals surface area (Å²) in [4.78, 5) is 10.5. The van der Waals surface area contributed by atoms with Crippen LogP contribution in [0.4, 0.5) is 4.39 Å². The van der Waals surface area contributed by atoms with E-state index >= 15 is 0 Å². The summed E-state index contributed by atoms with van der Waals surface area (Å²) in [6.07, 6.45) is -1.88. The number of amides is 1. The highest BCUT2D eigenvalue weighted by atomic mass is 31.2. The first-order valence-electron chi connectivity index (χ1n) is 5.81. The second kappa shape index (κ2) is 8.58. The molecule has 0 aliphatic carbocycles. The third-order valence-electron chi connectivity index (χ3n) is 2.13. The van der Waals surface area contributed by atoms with E-state index in [0.29, 0.717) is 0 Å². The molecule has 6 nitrogen and oxygen atoms in total. The molecule has 0 aromatic rings. The van der Waals surface area contributed by atoms with E-state index < -0.39 is 32.1 Å². The second-order valence-corrected chi connectivity index (χ2v) is 6.19. The van der Waals surface area contributed by atoms with Crippen molar-refractivity contribution in [2.45, 2.75) is 33.0 Å². The third kappa shape index (κ3) is 5.44. The zero-order valence-electron chi connectivity index (χ0n) is 10.9. The number of alkyl halides is 1. The number of hydrogen-bond acceptors (Lipinski definition) is 5. The number of nitrogens with two attached hydrogens (primary N) is 1. The van der Waals surface area contributed by atoms with Crippen LogP contribution < -0.4 is 5.73 Å². The molecule has 0 aliphatic rings. The molecular weight excluding hydrogens is 264 g/mol. The zero-order chi connectivity index (χ0) is 14.2. The Labute approximate surface area is 106 Å². The lowest BCUT2D eigenvalue weighted by molar-refractivity contribution is -0.124. The van der Waals surface area contributed by atoms with Crippen LogP contribution in [0.5, 0.6) is 0 Å². The van der Waals surface area contributed by atoms with E-state index in [1.807, 2.05) is 0 Å². The van der Waals surface area contributed by atoms with Crippen LogP contribution in [0.2, 0.25) is 0 Å². The van der Waals surface area contributed by atoms with Gasteiger partial charge in [-0.25, -0.2) is 4.39 Å². The van der Waals surface area contributed by atoms with Crippen molar-refractivity contribution in [3.8, 4) is 0 Å². The smallest absolute Gasteiger partial charge is 0.257 e. The van der Waals surface area contributed by atoms with E-state index in [4.69, 9.17) is 19.7 Å². The van der Waals surface area contributed by atoms with E-state index in [0.717, 1.165) is 0 Å². The highest BCUT2D eigenvalue weighted by Crippen LogP contribution is 2.52. The molecule has 0 aromatic heterocycles. The zero-order valence-corrected chi connectivity index (χ0v) is 11.8. The van der Waals surface area contributed by atoms with Gasteiger partial charge in [-0.1, -0.05) is 6.92 Å². The van der Waals surface area contributed by atoms with Gasteiger partial charge >= 0.3 is 0 Å². The fourth-order valence-corrected chi connectivity index (χ4v) is 2.87. The molecule has 0 saturated heterocycles. The molecule has 108 valence electrons. The lowest BCUT2D eigenvalue weighted by Crippen LogP contribution is -2.30. The van der Waals surface area contributed by atoms with Crippen molar-refractivity contribution >= 4 is 13.3 Å². The van der Waals surface area contributed by atoms with Gasteiger partial charge in [0.15, 0.2) is 0 Å². The van der Waals surface area contributed by atoms with Crippen LogP contribution in [-0.4, -0.2) is 44.1 Å². The van der Waals surface area contributed by atoms with Gasteiger partial charge in [0.05, 0.1) is 6.61 Å². The first-order valence-corrected chi connectivity index (χ1v) is 7.69. The maximum absolute atomic E-state index is 13.0. The van der Waals surface area contributed by atoms with Crippen molar-refractivity contribution in [2.75, 3.05) is 26.0 Å². The molecule has 2 N–H and O–H groups in total. The van der Waals surface area contributed by atoms with Crippen LogP contribution >= 0.6 is 7.37 Å². The van der Waals surface area contributed by atoms with Gasteiger partial charge in [0.2, 0.25) is 12.2 Å². The number of halogens is 1. The molecule has 2 atom stereocenters. The molecule has 8 heteroatoms. The normalized spacial score (nSPS) is 16.5. The van der Waals surface area contributed by atoms with Gasteiger partial charge in [-0.2, -0.15) is 0 Å². The summed E-state index contributed by atoms with van der Waals surface area (Å²) in [6, 6.07) is -1.04. The standard InChI is InChI=1S/C10H21FNO5P/c1-4-15-10(16-5-2)18(14,6-3)17-7-8(11)9(12)13/h8,10H,4-7H2,1-3H3,(H2,12,13). The van der Waals surface area contributed by atoms with Gasteiger partial charge in [0.1, 0.15) is 0 Å². The lowest BCUT2D eigenvalue weighted by Gasteiger charge is -2.26. The van der Waals surface area contributed by atoms with E-state index in [2.05, 4.69) is 0 Å². The van der Waals surface area contributed by atoms with Gasteiger partial charge in [0.25, 0.3) is 13.3 Å². The molecule has 18 heavy (non-hydrogen) atoms. The number of ether oxygens (including phenoxy) is 2. The Bertz CT molecular complexity index is 296. The van der Waals surface area contributed by atoms with Gasteiger partial charge in [0, 0.05) is 19.4 Å². The van der Waals surface area contributed by atoms with Crippen LogP contribution in [0.15, 0.2) is 0 Å². The maximum Gasteiger partial charge on any atom is 0.257 e. The van der Waals surface area contributed by atoms with E-state index in [-0.39, 0.29) is 19.4 Å². The number of rotatable bonds is 10. The molecule has 2 unspecified atom stereocenters. The molecular formula is C10H21FNO5P. The van der Waals surface area contributed by atoms with Crippen molar-refractivity contribution < 1.29 is 27.7 Å². The molecule has 0 saturated carbocycles. The predicted octanol–water partition coefficient (Wildman–Crippen LogP) is 1.48. The Hall–Kier alpha value is -0.490. The number of carbonyl (C=O) groups is 1. The molecule has 0 aromatic carbocycles. The number of hydrogen-bond donors (Lipinski definition) is 1. The molecule has 0 spiro atoms. The van der Waals surface area contributed by atoms with Crippen LogP contribution in [0.1, 0.15) is 20.8 Å². The number of carbonyl (C=O) groups excluding carboxylic acids is 1. The quantitative estimate of drug-likeness (QED) is 0.485. The summed E-state index contributed by atoms with van der Waals surface area (Å²) in [5.41, 5.74) is 4.75. The first kappa shape index (κ1) is 17.5. The highest BCUT2D eigenvalue weighted by molar-refractivity contribution is 7.59. The van der Waals surface area contributed by atoms with Gasteiger partial charge in [-0.05, 0) is 13.8 Å². The number of primary amides is 1. The minimum atomic E-state index is -3.33. The third-order valence-corrected chi connectivity index (χ3v) is 4.54. The van der Waals surface area contributed by atoms with E-state index in [1.165, 1.54) is 0 Å². The summed E-state index contributed by atoms with van der Waals surface area (Å²) in [7, 11) is -3.33. The second-order valence-electron chi connectivity index (χ2n) is 3.43. The van der Waals surface area contributed by atoms with Crippen molar-refractivity contribution in [1.82, 2.24) is 0 Å². The Balaban J connectivity index is 4.64. The Morgan fingerprint density at radius 3 is 2.11 bits per heavy atom. The van der Waals surface area contributed by atoms with Gasteiger partial charge in [-0.15, -0.1) is 0 Å². The predicted molar refractivity (Wildman–Crippen MR) is 65.2 cm³/mol. The minimum absolute atomic E-state index is 0.114. The van der Waals surface area contributed by atoms with Crippen molar-refractivity contribution in [2.24, 2.45) is 5.73 Å². The molecule has 0 heterocycles. The van der Waals surface area contributed by atoms with E-state index in [9.17, 15) is 13.8 Å². The molecule has 0 bridgehead atoms. The molecule has 0 radical (unpaired) electrons. The minimum Gasteiger partial charge on any atom is -0.367 e. The Kier molecular flexibility index (Phi) is 8.35. The van der Waals surface area contributed by atoms with Crippen LogP contribution in [0, 0.1) is 0 Å². The monoisotopic (exact) mass is 285 g/mol. The molecule has 0 aliphatic heterocycles. The topological polar surface area (TPSA) is 87.8 Å². The SMILES string of the molecule is CCOC(OCC)P(=O)(CC)OCC(F)C(N)=O. The van der Waals surface area contributed by atoms with Crippen molar-refractivity contribution in [3.63, 3.8) is 0 Å². The Morgan fingerprint density at radius 1 is 1.28 bits per heavy atom. The Morgan fingerprint density at radius 2 is 1.78 bits per heavy atom.